The van der Waals surface area contributed by atoms with Crippen molar-refractivity contribution in [2.24, 2.45) is 0 Å². The molecule has 0 radical (unpaired) electrons. The summed E-state index contributed by atoms with van der Waals surface area (Å²) < 4.78 is 6.97. The third-order valence-electron chi connectivity index (χ3n) is 3.45. The lowest BCUT2D eigenvalue weighted by Gasteiger charge is -2.40. The molecule has 0 saturated carbocycles. The van der Waals surface area contributed by atoms with E-state index in [0.29, 0.717) is 0 Å². The van der Waals surface area contributed by atoms with Gasteiger partial charge in [-0.2, -0.15) is 0 Å². The monoisotopic (exact) mass is 287 g/mol. The normalized spacial score (nSPS) is 34.4. The molecule has 2 rings (SSSR count). The molecule has 5 atom stereocenters. The van der Waals surface area contributed by atoms with E-state index in [0.717, 1.165) is 18.7 Å². The van der Waals surface area contributed by atoms with Gasteiger partial charge in [-0.15, -0.1) is 0 Å². The highest BCUT2D eigenvalue weighted by Crippen LogP contribution is 2.28. The zero-order chi connectivity index (χ0) is 14.7. The average molecular weight is 287 g/mol. The molecule has 5 unspecified atom stereocenters. The van der Waals surface area contributed by atoms with Crippen molar-refractivity contribution in [3.8, 4) is 0 Å². The zero-order valence-corrected chi connectivity index (χ0v) is 11.3. The van der Waals surface area contributed by atoms with E-state index in [1.54, 1.807) is 6.20 Å². The van der Waals surface area contributed by atoms with Crippen LogP contribution in [-0.2, 0) is 11.2 Å². The van der Waals surface area contributed by atoms with Crippen LogP contribution in [-0.4, -0.2) is 74.6 Å². The summed E-state index contributed by atoms with van der Waals surface area (Å²) in [7, 11) is 1.84. The van der Waals surface area contributed by atoms with Gasteiger partial charge in [-0.1, -0.05) is 0 Å². The number of likely N-dealkylation sites (N-methyl/N-ethyl adjacent to an activating group) is 1. The van der Waals surface area contributed by atoms with Gasteiger partial charge in [0.05, 0.1) is 18.6 Å². The van der Waals surface area contributed by atoms with Crippen molar-refractivity contribution in [3.63, 3.8) is 0 Å². The minimum atomic E-state index is -1.38. The van der Waals surface area contributed by atoms with Gasteiger partial charge < -0.3 is 35.0 Å². The number of aliphatic hydroxyl groups excluding tert-OH is 4. The maximum Gasteiger partial charge on any atom is 0.164 e. The van der Waals surface area contributed by atoms with Crippen molar-refractivity contribution in [2.75, 3.05) is 20.2 Å². The van der Waals surface area contributed by atoms with Gasteiger partial charge in [0, 0.05) is 19.2 Å². The molecule has 8 nitrogen and oxygen atoms in total. The first-order valence-electron chi connectivity index (χ1n) is 6.56. The fourth-order valence-corrected chi connectivity index (χ4v) is 2.23. The first-order chi connectivity index (χ1) is 9.58. The molecule has 114 valence electrons. The number of aromatic nitrogens is 2. The molecule has 0 aromatic carbocycles. The summed E-state index contributed by atoms with van der Waals surface area (Å²) in [4.78, 5) is 4.18. The Morgan fingerprint density at radius 3 is 2.70 bits per heavy atom. The van der Waals surface area contributed by atoms with Gasteiger partial charge in [0.15, 0.2) is 6.23 Å². The largest absolute Gasteiger partial charge is 0.394 e. The van der Waals surface area contributed by atoms with E-state index in [2.05, 4.69) is 10.3 Å². The molecule has 0 amide bonds. The number of nitrogens with one attached hydrogen (secondary N) is 1. The Kier molecular flexibility index (Phi) is 5.08. The summed E-state index contributed by atoms with van der Waals surface area (Å²) >= 11 is 0. The highest BCUT2D eigenvalue weighted by Gasteiger charge is 2.44. The maximum absolute atomic E-state index is 9.98. The third-order valence-corrected chi connectivity index (χ3v) is 3.45. The fourth-order valence-electron chi connectivity index (χ4n) is 2.23. The number of imidazole rings is 1. The summed E-state index contributed by atoms with van der Waals surface area (Å²) in [6.45, 7) is 0.328. The third kappa shape index (κ3) is 3.00. The van der Waals surface area contributed by atoms with Gasteiger partial charge in [-0.05, 0) is 7.05 Å². The zero-order valence-electron chi connectivity index (χ0n) is 11.3. The first kappa shape index (κ1) is 15.4. The molecule has 0 bridgehead atoms. The van der Waals surface area contributed by atoms with E-state index in [9.17, 15) is 15.3 Å². The van der Waals surface area contributed by atoms with Crippen LogP contribution in [0.1, 0.15) is 11.9 Å². The molecule has 1 fully saturated rings. The van der Waals surface area contributed by atoms with Crippen LogP contribution in [0, 0.1) is 0 Å². The Balaban J connectivity index is 2.12. The van der Waals surface area contributed by atoms with Crippen molar-refractivity contribution >= 4 is 0 Å². The summed E-state index contributed by atoms with van der Waals surface area (Å²) in [5.41, 5.74) is 0.816. The molecule has 20 heavy (non-hydrogen) atoms. The van der Waals surface area contributed by atoms with E-state index in [1.165, 1.54) is 10.9 Å². The van der Waals surface area contributed by atoms with Crippen molar-refractivity contribution in [3.05, 3.63) is 18.2 Å². The fraction of sp³-hybridized carbons (Fsp3) is 0.750. The second-order valence-electron chi connectivity index (χ2n) is 4.89. The minimum Gasteiger partial charge on any atom is -0.394 e. The van der Waals surface area contributed by atoms with Gasteiger partial charge in [0.1, 0.15) is 24.4 Å². The molecule has 1 saturated heterocycles. The van der Waals surface area contributed by atoms with Gasteiger partial charge in [0.2, 0.25) is 0 Å². The van der Waals surface area contributed by atoms with Gasteiger partial charge >= 0.3 is 0 Å². The quantitative estimate of drug-likeness (QED) is 0.410. The lowest BCUT2D eigenvalue weighted by atomic mass is 9.98. The van der Waals surface area contributed by atoms with Crippen LogP contribution in [0.2, 0.25) is 0 Å². The van der Waals surface area contributed by atoms with Gasteiger partial charge in [-0.25, -0.2) is 4.98 Å². The highest BCUT2D eigenvalue weighted by molar-refractivity contribution is 5.00. The van der Waals surface area contributed by atoms with Crippen molar-refractivity contribution in [1.29, 1.82) is 0 Å². The Hall–Kier alpha value is -1.03. The van der Waals surface area contributed by atoms with Crippen LogP contribution in [0.5, 0.6) is 0 Å². The Morgan fingerprint density at radius 1 is 1.30 bits per heavy atom. The van der Waals surface area contributed by atoms with Crippen LogP contribution in [0.3, 0.4) is 0 Å². The molecular weight excluding hydrogens is 266 g/mol. The van der Waals surface area contributed by atoms with E-state index < -0.39 is 37.3 Å². The molecule has 5 N–H and O–H groups in total. The molecule has 2 heterocycles. The minimum absolute atomic E-state index is 0.442. The number of hydrogen-bond acceptors (Lipinski definition) is 7. The molecule has 1 aromatic heterocycles. The van der Waals surface area contributed by atoms with E-state index in [4.69, 9.17) is 9.84 Å². The second kappa shape index (κ2) is 6.61. The van der Waals surface area contributed by atoms with Gasteiger partial charge in [-0.3, -0.25) is 0 Å². The summed E-state index contributed by atoms with van der Waals surface area (Å²) in [6, 6.07) is 0. The second-order valence-corrected chi connectivity index (χ2v) is 4.89. The smallest absolute Gasteiger partial charge is 0.164 e. The van der Waals surface area contributed by atoms with Crippen LogP contribution >= 0.6 is 0 Å². The SMILES string of the molecule is CNCCc1cn(C2OC(CO)C(O)C(O)C2O)cn1. The molecule has 8 heteroatoms. The standard InChI is InChI=1S/C12H21N3O5/c1-13-3-2-7-4-15(6-14-7)12-11(19)10(18)9(17)8(5-16)20-12/h4,6,8-13,16-19H,2-3,5H2,1H3. The van der Waals surface area contributed by atoms with Crippen molar-refractivity contribution < 1.29 is 25.2 Å². The van der Waals surface area contributed by atoms with Crippen LogP contribution in [0.25, 0.3) is 0 Å². The Morgan fingerprint density at radius 2 is 2.05 bits per heavy atom. The molecule has 0 spiro atoms. The number of nitrogens with zero attached hydrogens (tertiary/aromatic N) is 2. The molecule has 1 aliphatic heterocycles. The molecule has 1 aromatic rings. The first-order valence-corrected chi connectivity index (χ1v) is 6.56. The molecular formula is C12H21N3O5. The number of rotatable bonds is 5. The summed E-state index contributed by atoms with van der Waals surface area (Å²) in [6.07, 6.45) is -1.89. The topological polar surface area (TPSA) is 120 Å². The number of hydrogen-bond donors (Lipinski definition) is 5. The van der Waals surface area contributed by atoms with E-state index >= 15 is 0 Å². The maximum atomic E-state index is 9.98. The predicted molar refractivity (Wildman–Crippen MR) is 68.9 cm³/mol. The Labute approximate surface area is 116 Å². The predicted octanol–water partition coefficient (Wildman–Crippen LogP) is -2.38. The number of aliphatic hydroxyl groups is 4. The highest BCUT2D eigenvalue weighted by atomic mass is 16.6. The summed E-state index contributed by atoms with van der Waals surface area (Å²) in [5.74, 6) is 0. The summed E-state index contributed by atoms with van der Waals surface area (Å²) in [5, 5.41) is 41.6. The van der Waals surface area contributed by atoms with Crippen LogP contribution in [0.4, 0.5) is 0 Å². The van der Waals surface area contributed by atoms with Gasteiger partial charge in [0.25, 0.3) is 0 Å². The van der Waals surface area contributed by atoms with Crippen LogP contribution in [0.15, 0.2) is 12.5 Å². The van der Waals surface area contributed by atoms with E-state index in [1.807, 2.05) is 7.05 Å². The molecule has 0 aliphatic carbocycles. The van der Waals surface area contributed by atoms with E-state index in [-0.39, 0.29) is 0 Å². The van der Waals surface area contributed by atoms with Crippen molar-refractivity contribution in [2.45, 2.75) is 37.1 Å². The van der Waals surface area contributed by atoms with Crippen molar-refractivity contribution in [1.82, 2.24) is 14.9 Å². The molecule has 1 aliphatic rings. The average Bonchev–Trinajstić information content (AvgIpc) is 2.91. The Bertz CT molecular complexity index is 425. The number of ether oxygens (including phenoxy) is 1. The van der Waals surface area contributed by atoms with Crippen LogP contribution < -0.4 is 5.32 Å². The lowest BCUT2D eigenvalue weighted by Crippen LogP contribution is -2.56. The lowest BCUT2D eigenvalue weighted by molar-refractivity contribution is -0.251.